The van der Waals surface area contributed by atoms with Gasteiger partial charge >= 0.3 is 11.7 Å². The molecule has 0 N–H and O–H groups in total. The molecule has 1 aromatic carbocycles. The molecule has 134 valence electrons. The molecular formula is C16H13N3O6S. The number of hydrogen-bond acceptors (Lipinski definition) is 9. The summed E-state index contributed by atoms with van der Waals surface area (Å²) in [6, 6.07) is 5.34. The molecular weight excluding hydrogens is 362 g/mol. The predicted molar refractivity (Wildman–Crippen MR) is 90.1 cm³/mol. The zero-order chi connectivity index (χ0) is 19.3. The lowest BCUT2D eigenvalue weighted by molar-refractivity contribution is -0.385. The van der Waals surface area contributed by atoms with E-state index in [1.165, 1.54) is 23.5 Å². The van der Waals surface area contributed by atoms with E-state index in [1.807, 2.05) is 6.07 Å². The van der Waals surface area contributed by atoms with Crippen LogP contribution < -0.4 is 4.74 Å². The molecule has 0 spiro atoms. The Morgan fingerprint density at radius 2 is 2.19 bits per heavy atom. The van der Waals surface area contributed by atoms with Gasteiger partial charge in [0, 0.05) is 17.1 Å². The van der Waals surface area contributed by atoms with Crippen LogP contribution in [-0.2, 0) is 9.53 Å². The summed E-state index contributed by atoms with van der Waals surface area (Å²) in [7, 11) is 1.15. The third-order valence-electron chi connectivity index (χ3n) is 3.28. The fraction of sp³-hybridized carbons (Fsp3) is 0.250. The van der Waals surface area contributed by atoms with Gasteiger partial charge in [-0.1, -0.05) is 0 Å². The first kappa shape index (κ1) is 19.0. The minimum Gasteiger partial charge on any atom is -0.479 e. The lowest BCUT2D eigenvalue weighted by Crippen LogP contribution is -2.19. The van der Waals surface area contributed by atoms with Gasteiger partial charge in [0.2, 0.25) is 0 Å². The Hall–Kier alpha value is -3.32. The summed E-state index contributed by atoms with van der Waals surface area (Å²) >= 11 is 1.18. The zero-order valence-corrected chi connectivity index (χ0v) is 14.6. The summed E-state index contributed by atoms with van der Waals surface area (Å²) in [6.45, 7) is 1.19. The topological polar surface area (TPSA) is 132 Å². The summed E-state index contributed by atoms with van der Waals surface area (Å²) in [5.41, 5.74) is 0.179. The highest BCUT2D eigenvalue weighted by Gasteiger charge is 2.25. The number of nitro groups is 1. The Morgan fingerprint density at radius 1 is 1.46 bits per heavy atom. The van der Waals surface area contributed by atoms with E-state index in [9.17, 15) is 25.0 Å². The largest absolute Gasteiger partial charge is 0.479 e. The Bertz CT molecular complexity index is 902. The van der Waals surface area contributed by atoms with E-state index in [-0.39, 0.29) is 11.3 Å². The molecule has 0 aliphatic heterocycles. The van der Waals surface area contributed by atoms with Crippen LogP contribution in [0.25, 0.3) is 0 Å². The van der Waals surface area contributed by atoms with Gasteiger partial charge in [-0.15, -0.1) is 11.3 Å². The van der Waals surface area contributed by atoms with Crippen LogP contribution in [0.4, 0.5) is 5.69 Å². The maximum absolute atomic E-state index is 12.2. The molecule has 1 unspecified atom stereocenters. The number of ether oxygens (including phenoxy) is 2. The average molecular weight is 375 g/mol. The molecule has 0 amide bonds. The minimum atomic E-state index is -1.11. The maximum Gasteiger partial charge on any atom is 0.338 e. The number of Topliss-reactive ketones (excluding diaryl/α,β-unsaturated/α-hetero) is 1. The first-order chi connectivity index (χ1) is 12.4. The molecule has 1 atom stereocenters. The summed E-state index contributed by atoms with van der Waals surface area (Å²) in [5, 5.41) is 22.4. The number of esters is 1. The third kappa shape index (κ3) is 4.20. The van der Waals surface area contributed by atoms with Crippen LogP contribution in [0.15, 0.2) is 23.6 Å². The number of thiazole rings is 1. The molecule has 1 heterocycles. The molecule has 26 heavy (non-hydrogen) atoms. The van der Waals surface area contributed by atoms with Crippen LogP contribution in [-0.4, -0.2) is 35.4 Å². The van der Waals surface area contributed by atoms with Gasteiger partial charge in [0.05, 0.1) is 23.7 Å². The van der Waals surface area contributed by atoms with E-state index in [1.54, 1.807) is 12.3 Å². The first-order valence-corrected chi connectivity index (χ1v) is 8.09. The number of carbonyl (C=O) groups excluding carboxylic acids is 2. The molecule has 0 bridgehead atoms. The van der Waals surface area contributed by atoms with Crippen LogP contribution in [0.5, 0.6) is 5.75 Å². The van der Waals surface area contributed by atoms with Gasteiger partial charge in [0.1, 0.15) is 11.6 Å². The second-order valence-corrected chi connectivity index (χ2v) is 5.97. The highest BCUT2D eigenvalue weighted by molar-refractivity contribution is 7.09. The number of aryl methyl sites for hydroxylation is 1. The fourth-order valence-electron chi connectivity index (χ4n) is 2.03. The molecule has 0 aliphatic rings. The Kier molecular flexibility index (Phi) is 5.98. The van der Waals surface area contributed by atoms with Crippen molar-refractivity contribution in [2.75, 3.05) is 13.7 Å². The number of nitriles is 1. The smallest absolute Gasteiger partial charge is 0.338 e. The molecule has 0 saturated heterocycles. The van der Waals surface area contributed by atoms with E-state index in [4.69, 9.17) is 4.74 Å². The second-order valence-electron chi connectivity index (χ2n) is 5.08. The molecule has 9 nitrogen and oxygen atoms in total. The highest BCUT2D eigenvalue weighted by Crippen LogP contribution is 2.29. The number of rotatable bonds is 7. The van der Waals surface area contributed by atoms with Crippen molar-refractivity contribution in [3.05, 3.63) is 50.0 Å². The van der Waals surface area contributed by atoms with E-state index in [2.05, 4.69) is 9.72 Å². The van der Waals surface area contributed by atoms with Crippen molar-refractivity contribution in [1.82, 2.24) is 4.98 Å². The number of nitrogens with zero attached hydrogens (tertiary/aromatic N) is 3. The van der Waals surface area contributed by atoms with Gasteiger partial charge in [0.15, 0.2) is 17.5 Å². The van der Waals surface area contributed by atoms with E-state index in [0.717, 1.165) is 13.2 Å². The number of aromatic nitrogens is 1. The summed E-state index contributed by atoms with van der Waals surface area (Å²) in [5.74, 6) is -2.61. The van der Waals surface area contributed by atoms with Gasteiger partial charge in [-0.2, -0.15) is 5.26 Å². The normalized spacial score (nSPS) is 11.3. The fourth-order valence-corrected chi connectivity index (χ4v) is 2.89. The molecule has 2 aromatic rings. The minimum absolute atomic E-state index is 0.0222. The van der Waals surface area contributed by atoms with E-state index < -0.39 is 34.9 Å². The number of benzene rings is 1. The Morgan fingerprint density at radius 3 is 2.73 bits per heavy atom. The van der Waals surface area contributed by atoms with Crippen LogP contribution in [0, 0.1) is 28.4 Å². The molecule has 2 rings (SSSR count). The van der Waals surface area contributed by atoms with Crippen molar-refractivity contribution in [3.63, 3.8) is 0 Å². The predicted octanol–water partition coefficient (Wildman–Crippen LogP) is 2.40. The van der Waals surface area contributed by atoms with Crippen molar-refractivity contribution in [1.29, 1.82) is 5.26 Å². The van der Waals surface area contributed by atoms with Gasteiger partial charge < -0.3 is 9.47 Å². The summed E-state index contributed by atoms with van der Waals surface area (Å²) in [4.78, 5) is 38.2. The second kappa shape index (κ2) is 8.17. The number of nitro benzene ring substituents is 1. The van der Waals surface area contributed by atoms with E-state index in [0.29, 0.717) is 10.7 Å². The molecule has 0 radical (unpaired) electrons. The van der Waals surface area contributed by atoms with Crippen molar-refractivity contribution in [2.24, 2.45) is 0 Å². The van der Waals surface area contributed by atoms with Crippen molar-refractivity contribution in [3.8, 4) is 11.8 Å². The molecule has 1 aromatic heterocycles. The highest BCUT2D eigenvalue weighted by atomic mass is 32.1. The third-order valence-corrected chi connectivity index (χ3v) is 4.31. The Labute approximate surface area is 151 Å². The van der Waals surface area contributed by atoms with E-state index >= 15 is 0 Å². The number of carbonyl (C=O) groups is 2. The van der Waals surface area contributed by atoms with Crippen molar-refractivity contribution in [2.45, 2.75) is 12.8 Å². The maximum atomic E-state index is 12.2. The Balaban J connectivity index is 2.17. The summed E-state index contributed by atoms with van der Waals surface area (Å²) in [6.07, 6.45) is 0. The van der Waals surface area contributed by atoms with Crippen molar-refractivity contribution < 1.29 is 24.0 Å². The quantitative estimate of drug-likeness (QED) is 0.409. The standard InChI is InChI=1S/C16H13N3O6S/c1-9-8-26-15(18-9)11(6-17)13(20)7-25-14-4-3-10(16(21)24-2)5-12(14)19(22)23/h3-5,8,11H,7H2,1-2H3. The van der Waals surface area contributed by atoms with Crippen LogP contribution in [0.1, 0.15) is 27.0 Å². The van der Waals surface area contributed by atoms with Crippen molar-refractivity contribution >= 4 is 28.8 Å². The SMILES string of the molecule is COC(=O)c1ccc(OCC(=O)C(C#N)c2nc(C)cs2)c([N+](=O)[O-])c1. The monoisotopic (exact) mass is 375 g/mol. The number of methoxy groups -OCH3 is 1. The summed E-state index contributed by atoms with van der Waals surface area (Å²) < 4.78 is 9.73. The van der Waals surface area contributed by atoms with Crippen LogP contribution in [0.3, 0.4) is 0 Å². The van der Waals surface area contributed by atoms with Gasteiger partial charge in [-0.25, -0.2) is 9.78 Å². The average Bonchev–Trinajstić information content (AvgIpc) is 3.05. The number of ketones is 1. The van der Waals surface area contributed by atoms with Crippen LogP contribution >= 0.6 is 11.3 Å². The molecule has 0 saturated carbocycles. The van der Waals surface area contributed by atoms with Crippen LogP contribution in [0.2, 0.25) is 0 Å². The first-order valence-electron chi connectivity index (χ1n) is 7.21. The molecule has 10 heteroatoms. The molecule has 0 fully saturated rings. The zero-order valence-electron chi connectivity index (χ0n) is 13.8. The van der Waals surface area contributed by atoms with Gasteiger partial charge in [-0.05, 0) is 19.1 Å². The number of hydrogen-bond donors (Lipinski definition) is 0. The lowest BCUT2D eigenvalue weighted by Gasteiger charge is -2.09. The molecule has 0 aliphatic carbocycles. The van der Waals surface area contributed by atoms with Gasteiger partial charge in [0.25, 0.3) is 0 Å². The van der Waals surface area contributed by atoms with Gasteiger partial charge in [-0.3, -0.25) is 14.9 Å². The lowest BCUT2D eigenvalue weighted by atomic mass is 10.1.